The van der Waals surface area contributed by atoms with Gasteiger partial charge in [0.2, 0.25) is 5.91 Å². The first kappa shape index (κ1) is 19.4. The van der Waals surface area contributed by atoms with Gasteiger partial charge in [0.15, 0.2) is 0 Å². The lowest BCUT2D eigenvalue weighted by Crippen LogP contribution is -2.54. The molecular formula is C21H32N6O. The summed E-state index contributed by atoms with van der Waals surface area (Å²) in [4.78, 5) is 19.8. The fourth-order valence-corrected chi connectivity index (χ4v) is 4.64. The largest absolute Gasteiger partial charge is 0.341 e. The maximum atomic E-state index is 12.9. The van der Waals surface area contributed by atoms with E-state index in [1.54, 1.807) is 0 Å². The predicted molar refractivity (Wildman–Crippen MR) is 111 cm³/mol. The molecule has 3 N–H and O–H groups in total. The van der Waals surface area contributed by atoms with E-state index in [0.29, 0.717) is 12.5 Å². The van der Waals surface area contributed by atoms with Crippen molar-refractivity contribution in [2.75, 3.05) is 46.3 Å². The zero-order valence-electron chi connectivity index (χ0n) is 17.0. The molecule has 152 valence electrons. The number of amides is 1. The molecule has 4 rings (SSSR count). The molecule has 2 aliphatic rings. The van der Waals surface area contributed by atoms with Crippen molar-refractivity contribution >= 4 is 16.8 Å². The number of piperazine rings is 1. The molecule has 0 bridgehead atoms. The summed E-state index contributed by atoms with van der Waals surface area (Å²) in [6.45, 7) is 8.27. The Kier molecular flexibility index (Phi) is 5.66. The number of likely N-dealkylation sites (N-methyl/N-ethyl adjacent to an activating group) is 1. The third-order valence-electron chi connectivity index (χ3n) is 6.41. The van der Waals surface area contributed by atoms with Crippen molar-refractivity contribution in [3.63, 3.8) is 0 Å². The van der Waals surface area contributed by atoms with Crippen LogP contribution >= 0.6 is 0 Å². The highest BCUT2D eigenvalue weighted by Gasteiger charge is 2.30. The number of piperidine rings is 1. The van der Waals surface area contributed by atoms with Crippen molar-refractivity contribution < 1.29 is 4.79 Å². The van der Waals surface area contributed by atoms with E-state index in [1.165, 1.54) is 0 Å². The van der Waals surface area contributed by atoms with Gasteiger partial charge in [0.25, 0.3) is 0 Å². The van der Waals surface area contributed by atoms with Crippen LogP contribution in [0.15, 0.2) is 18.3 Å². The number of nitrogens with zero attached hydrogens (tertiary/aromatic N) is 4. The highest BCUT2D eigenvalue weighted by Crippen LogP contribution is 2.21. The Bertz CT molecular complexity index is 817. The highest BCUT2D eigenvalue weighted by atomic mass is 16.2. The number of likely N-dealkylation sites (tertiary alicyclic amines) is 1. The number of nitrogens with two attached hydrogens (primary N) is 1. The number of H-pyrrole nitrogens is 1. The molecule has 7 nitrogen and oxygen atoms in total. The van der Waals surface area contributed by atoms with E-state index in [2.05, 4.69) is 46.1 Å². The molecule has 3 heterocycles. The zero-order valence-corrected chi connectivity index (χ0v) is 17.0. The molecule has 2 aromatic rings. The van der Waals surface area contributed by atoms with Gasteiger partial charge in [-0.05, 0) is 50.4 Å². The average Bonchev–Trinajstić information content (AvgIpc) is 3.17. The second-order valence-electron chi connectivity index (χ2n) is 8.45. The van der Waals surface area contributed by atoms with Crippen molar-refractivity contribution in [2.24, 2.45) is 5.73 Å². The van der Waals surface area contributed by atoms with Gasteiger partial charge in [0.1, 0.15) is 0 Å². The van der Waals surface area contributed by atoms with Gasteiger partial charge < -0.3 is 15.5 Å². The molecule has 0 saturated carbocycles. The van der Waals surface area contributed by atoms with E-state index in [9.17, 15) is 4.79 Å². The number of aromatic nitrogens is 2. The molecule has 2 fully saturated rings. The number of fused-ring (bicyclic) bond motifs is 1. The van der Waals surface area contributed by atoms with Crippen molar-refractivity contribution in [1.82, 2.24) is 24.9 Å². The van der Waals surface area contributed by atoms with Gasteiger partial charge in [0, 0.05) is 50.7 Å². The second-order valence-corrected chi connectivity index (χ2v) is 8.45. The third-order valence-corrected chi connectivity index (χ3v) is 6.41. The fourth-order valence-electron chi connectivity index (χ4n) is 4.64. The number of hydrogen-bond acceptors (Lipinski definition) is 5. The number of rotatable bonds is 4. The molecule has 1 aromatic heterocycles. The molecule has 28 heavy (non-hydrogen) atoms. The second kappa shape index (κ2) is 8.19. The highest BCUT2D eigenvalue weighted by molar-refractivity contribution is 5.84. The molecule has 2 saturated heterocycles. The molecule has 1 amide bonds. The van der Waals surface area contributed by atoms with E-state index < -0.39 is 6.04 Å². The Balaban J connectivity index is 1.31. The predicted octanol–water partition coefficient (Wildman–Crippen LogP) is 0.980. The number of hydrogen-bond donors (Lipinski definition) is 2. The molecule has 0 radical (unpaired) electrons. The minimum atomic E-state index is -0.482. The van der Waals surface area contributed by atoms with Crippen LogP contribution in [0.4, 0.5) is 0 Å². The molecule has 7 heteroatoms. The number of carbonyl (C=O) groups is 1. The zero-order chi connectivity index (χ0) is 19.7. The number of nitrogens with one attached hydrogen (secondary N) is 1. The summed E-state index contributed by atoms with van der Waals surface area (Å²) in [5, 5.41) is 8.19. The van der Waals surface area contributed by atoms with E-state index in [1.807, 2.05) is 11.1 Å². The molecular weight excluding hydrogens is 352 g/mol. The summed E-state index contributed by atoms with van der Waals surface area (Å²) >= 11 is 0. The summed E-state index contributed by atoms with van der Waals surface area (Å²) in [6.07, 6.45) is 4.51. The van der Waals surface area contributed by atoms with Crippen LogP contribution in [0.25, 0.3) is 10.9 Å². The van der Waals surface area contributed by atoms with Gasteiger partial charge >= 0.3 is 0 Å². The average molecular weight is 385 g/mol. The van der Waals surface area contributed by atoms with Gasteiger partial charge in [0.05, 0.1) is 17.8 Å². The quantitative estimate of drug-likeness (QED) is 0.821. The SMILES string of the molecule is Cc1cc(CC(N)C(=O)N2CCC(N3CCN(C)CC3)CC2)cc2cn[nH]c12. The summed E-state index contributed by atoms with van der Waals surface area (Å²) < 4.78 is 0. The smallest absolute Gasteiger partial charge is 0.239 e. The van der Waals surface area contributed by atoms with Gasteiger partial charge in [-0.25, -0.2) is 0 Å². The van der Waals surface area contributed by atoms with Crippen LogP contribution < -0.4 is 5.73 Å². The molecule has 1 atom stereocenters. The number of aromatic amines is 1. The van der Waals surface area contributed by atoms with Crippen LogP contribution in [-0.4, -0.2) is 89.2 Å². The summed E-state index contributed by atoms with van der Waals surface area (Å²) in [5.41, 5.74) is 9.60. The number of carbonyl (C=O) groups excluding carboxylic acids is 1. The normalized spacial score (nSPS) is 21.3. The number of aryl methyl sites for hydroxylation is 1. The lowest BCUT2D eigenvalue weighted by Gasteiger charge is -2.42. The van der Waals surface area contributed by atoms with Gasteiger partial charge in [-0.15, -0.1) is 0 Å². The maximum absolute atomic E-state index is 12.9. The Morgan fingerprint density at radius 2 is 1.93 bits per heavy atom. The van der Waals surface area contributed by atoms with Crippen molar-refractivity contribution in [2.45, 2.75) is 38.3 Å². The van der Waals surface area contributed by atoms with E-state index in [-0.39, 0.29) is 5.91 Å². The first-order valence-corrected chi connectivity index (χ1v) is 10.4. The molecule has 1 aromatic carbocycles. The number of benzene rings is 1. The fraction of sp³-hybridized carbons (Fsp3) is 0.619. The summed E-state index contributed by atoms with van der Waals surface area (Å²) in [7, 11) is 2.19. The maximum Gasteiger partial charge on any atom is 0.239 e. The first-order chi connectivity index (χ1) is 13.5. The summed E-state index contributed by atoms with van der Waals surface area (Å²) in [6, 6.07) is 4.32. The van der Waals surface area contributed by atoms with Crippen LogP contribution in [0, 0.1) is 6.92 Å². The van der Waals surface area contributed by atoms with E-state index in [0.717, 1.165) is 74.1 Å². The van der Waals surface area contributed by atoms with Crippen LogP contribution in [0.3, 0.4) is 0 Å². The van der Waals surface area contributed by atoms with Crippen molar-refractivity contribution in [3.05, 3.63) is 29.5 Å². The van der Waals surface area contributed by atoms with Crippen LogP contribution in [0.2, 0.25) is 0 Å². The lowest BCUT2D eigenvalue weighted by atomic mass is 9.98. The van der Waals surface area contributed by atoms with Gasteiger partial charge in [-0.3, -0.25) is 14.8 Å². The Hall–Kier alpha value is -1.96. The Morgan fingerprint density at radius 3 is 2.64 bits per heavy atom. The molecule has 2 aliphatic heterocycles. The monoisotopic (exact) mass is 384 g/mol. The minimum Gasteiger partial charge on any atom is -0.341 e. The third kappa shape index (κ3) is 4.06. The summed E-state index contributed by atoms with van der Waals surface area (Å²) in [5.74, 6) is 0.0850. The molecule has 0 spiro atoms. The van der Waals surface area contributed by atoms with Crippen molar-refractivity contribution in [1.29, 1.82) is 0 Å². The molecule has 1 unspecified atom stereocenters. The lowest BCUT2D eigenvalue weighted by molar-refractivity contribution is -0.134. The van der Waals surface area contributed by atoms with E-state index >= 15 is 0 Å². The topological polar surface area (TPSA) is 81.5 Å². The van der Waals surface area contributed by atoms with Crippen LogP contribution in [0.1, 0.15) is 24.0 Å². The van der Waals surface area contributed by atoms with Gasteiger partial charge in [-0.2, -0.15) is 5.10 Å². The standard InChI is InChI=1S/C21H32N6O/c1-15-11-16(12-17-14-23-24-20(15)17)13-19(22)21(28)27-5-3-18(4-6-27)26-9-7-25(2)8-10-26/h11-12,14,18-19H,3-10,13,22H2,1-2H3,(H,23,24). The van der Waals surface area contributed by atoms with Crippen LogP contribution in [-0.2, 0) is 11.2 Å². The molecule has 0 aliphatic carbocycles. The van der Waals surface area contributed by atoms with Gasteiger partial charge in [-0.1, -0.05) is 6.07 Å². The first-order valence-electron chi connectivity index (χ1n) is 10.4. The van der Waals surface area contributed by atoms with E-state index in [4.69, 9.17) is 5.73 Å². The minimum absolute atomic E-state index is 0.0850. The Morgan fingerprint density at radius 1 is 1.21 bits per heavy atom. The van der Waals surface area contributed by atoms with Crippen molar-refractivity contribution in [3.8, 4) is 0 Å². The Labute approximate surface area is 166 Å². The van der Waals surface area contributed by atoms with Crippen LogP contribution in [0.5, 0.6) is 0 Å².